The zero-order valence-corrected chi connectivity index (χ0v) is 20.9. The Hall–Kier alpha value is -4.43. The number of fused-ring (bicyclic) bond motifs is 1. The number of hydrogen-bond acceptors (Lipinski definition) is 1. The third-order valence-corrected chi connectivity index (χ3v) is 5.59. The molecular weight excluding hydrogens is 424 g/mol. The van der Waals surface area contributed by atoms with Crippen LogP contribution in [0.15, 0.2) is 129 Å². The molecule has 0 aromatic carbocycles. The molecule has 0 aliphatic carbocycles. The average Bonchev–Trinajstić information content (AvgIpc) is 3.37. The third kappa shape index (κ3) is 5.39. The highest BCUT2D eigenvalue weighted by atomic mass is 14.9. The molecule has 0 bridgehead atoms. The summed E-state index contributed by atoms with van der Waals surface area (Å²) in [6, 6.07) is 2.15. The maximum atomic E-state index is 4.69. The monoisotopic (exact) mass is 458 g/mol. The van der Waals surface area contributed by atoms with Crippen molar-refractivity contribution in [3.8, 4) is 0 Å². The van der Waals surface area contributed by atoms with Gasteiger partial charge in [0.05, 0.1) is 22.6 Å². The van der Waals surface area contributed by atoms with Crippen LogP contribution in [0.5, 0.6) is 0 Å². The van der Waals surface area contributed by atoms with Crippen molar-refractivity contribution in [2.24, 2.45) is 4.99 Å². The number of aliphatic imine (C=N–C) groups is 1. The lowest BCUT2D eigenvalue weighted by molar-refractivity contribution is 1.17. The van der Waals surface area contributed by atoms with Crippen molar-refractivity contribution >= 4 is 35.5 Å². The van der Waals surface area contributed by atoms with E-state index >= 15 is 0 Å². The van der Waals surface area contributed by atoms with Gasteiger partial charge in [-0.1, -0.05) is 119 Å². The van der Waals surface area contributed by atoms with E-state index in [0.717, 1.165) is 55.7 Å². The normalized spacial score (nSPS) is 13.5. The molecular formula is C33H34N2. The predicted molar refractivity (Wildman–Crippen MR) is 160 cm³/mol. The van der Waals surface area contributed by atoms with Gasteiger partial charge in [-0.3, -0.25) is 4.99 Å². The average molecular weight is 459 g/mol. The highest BCUT2D eigenvalue weighted by Gasteiger charge is 2.23. The first-order valence-electron chi connectivity index (χ1n) is 11.3. The molecule has 0 N–H and O–H groups in total. The van der Waals surface area contributed by atoms with Crippen LogP contribution >= 0.6 is 0 Å². The fourth-order valence-electron chi connectivity index (χ4n) is 4.00. The van der Waals surface area contributed by atoms with E-state index in [1.54, 1.807) is 31.4 Å². The summed E-state index contributed by atoms with van der Waals surface area (Å²) < 4.78 is 2.21. The van der Waals surface area contributed by atoms with Crippen LogP contribution < -0.4 is 5.22 Å². The van der Waals surface area contributed by atoms with E-state index in [9.17, 15) is 0 Å². The van der Waals surface area contributed by atoms with Gasteiger partial charge in [-0.15, -0.1) is 0 Å². The smallest absolute Gasteiger partial charge is 0.0737 e. The number of nitrogens with zero attached hydrogens (tertiary/aromatic N) is 2. The largest absolute Gasteiger partial charge is 0.308 e. The first-order chi connectivity index (χ1) is 16.9. The van der Waals surface area contributed by atoms with Gasteiger partial charge in [0.1, 0.15) is 0 Å². The van der Waals surface area contributed by atoms with Gasteiger partial charge in [0.15, 0.2) is 0 Å². The molecule has 0 aliphatic heterocycles. The summed E-state index contributed by atoms with van der Waals surface area (Å²) in [5, 5.41) is 0.875. The van der Waals surface area contributed by atoms with E-state index in [0.29, 0.717) is 0 Å². The minimum atomic E-state index is 0.819. The predicted octanol–water partition coefficient (Wildman–Crippen LogP) is 7.89. The van der Waals surface area contributed by atoms with Crippen LogP contribution in [0.3, 0.4) is 0 Å². The van der Waals surface area contributed by atoms with Crippen molar-refractivity contribution in [2.75, 3.05) is 7.05 Å². The molecule has 2 aromatic rings. The Labute approximate surface area is 210 Å². The lowest BCUT2D eigenvalue weighted by Gasteiger charge is -2.08. The maximum Gasteiger partial charge on any atom is 0.0737 e. The Kier molecular flexibility index (Phi) is 9.74. The van der Waals surface area contributed by atoms with Crippen LogP contribution in [0.4, 0.5) is 0 Å². The minimum Gasteiger partial charge on any atom is -0.308 e. The van der Waals surface area contributed by atoms with Crippen molar-refractivity contribution in [2.45, 2.75) is 6.92 Å². The molecule has 2 nitrogen and oxygen atoms in total. The molecule has 0 unspecified atom stereocenters. The second-order valence-corrected chi connectivity index (χ2v) is 7.62. The van der Waals surface area contributed by atoms with Gasteiger partial charge in [0.2, 0.25) is 0 Å². The molecule has 0 fully saturated rings. The van der Waals surface area contributed by atoms with Crippen LogP contribution in [-0.4, -0.2) is 17.2 Å². The first-order valence-corrected chi connectivity index (χ1v) is 11.3. The minimum absolute atomic E-state index is 0.819. The van der Waals surface area contributed by atoms with Crippen LogP contribution in [-0.2, 0) is 0 Å². The molecule has 0 atom stereocenters. The molecule has 2 aromatic heterocycles. The Morgan fingerprint density at radius 1 is 0.914 bits per heavy atom. The van der Waals surface area contributed by atoms with Gasteiger partial charge >= 0.3 is 0 Å². The van der Waals surface area contributed by atoms with E-state index in [4.69, 9.17) is 4.99 Å². The SMILES string of the molecule is C=C/C=C\C(=C/C=C)C(=NC)c1cc(C(/C=C\C=C)=C(\C)C=C)n2c(/C=C\C=C)c(C=C)c(=C)c12. The third-order valence-electron chi connectivity index (χ3n) is 5.59. The topological polar surface area (TPSA) is 16.8 Å². The lowest BCUT2D eigenvalue weighted by Crippen LogP contribution is -2.08. The summed E-state index contributed by atoms with van der Waals surface area (Å²) >= 11 is 0. The zero-order chi connectivity index (χ0) is 26.0. The fourth-order valence-corrected chi connectivity index (χ4v) is 4.00. The Bertz CT molecular complexity index is 1410. The van der Waals surface area contributed by atoms with Gasteiger partial charge in [-0.2, -0.15) is 0 Å². The van der Waals surface area contributed by atoms with E-state index in [1.807, 2.05) is 61.6 Å². The maximum absolute atomic E-state index is 4.69. The van der Waals surface area contributed by atoms with Crippen molar-refractivity contribution in [1.82, 2.24) is 4.40 Å². The summed E-state index contributed by atoms with van der Waals surface area (Å²) in [5.74, 6) is 0. The summed E-state index contributed by atoms with van der Waals surface area (Å²) in [6.45, 7) is 29.9. The summed E-state index contributed by atoms with van der Waals surface area (Å²) in [7, 11) is 1.79. The molecule has 0 spiro atoms. The number of hydrogen-bond donors (Lipinski definition) is 0. The Morgan fingerprint density at radius 3 is 2.11 bits per heavy atom. The van der Waals surface area contributed by atoms with Crippen molar-refractivity contribution < 1.29 is 0 Å². The highest BCUT2D eigenvalue weighted by Crippen LogP contribution is 2.31. The number of aromatic nitrogens is 1. The summed E-state index contributed by atoms with van der Waals surface area (Å²) in [4.78, 5) is 4.69. The molecule has 0 saturated heterocycles. The molecule has 176 valence electrons. The molecule has 0 aliphatic rings. The van der Waals surface area contributed by atoms with Crippen molar-refractivity contribution in [3.63, 3.8) is 0 Å². The Balaban J connectivity index is 3.21. The first kappa shape index (κ1) is 26.8. The van der Waals surface area contributed by atoms with Crippen LogP contribution in [0, 0.1) is 0 Å². The van der Waals surface area contributed by atoms with Gasteiger partial charge in [-0.05, 0) is 24.6 Å². The molecule has 0 radical (unpaired) electrons. The lowest BCUT2D eigenvalue weighted by atomic mass is 9.99. The van der Waals surface area contributed by atoms with Gasteiger partial charge < -0.3 is 4.40 Å². The summed E-state index contributed by atoms with van der Waals surface area (Å²) in [6.07, 6.45) is 24.4. The van der Waals surface area contributed by atoms with Crippen LogP contribution in [0.2, 0.25) is 0 Å². The Morgan fingerprint density at radius 2 is 1.57 bits per heavy atom. The second-order valence-electron chi connectivity index (χ2n) is 7.62. The fraction of sp³-hybridized carbons (Fsp3) is 0.0606. The molecule has 35 heavy (non-hydrogen) atoms. The van der Waals surface area contributed by atoms with E-state index in [-0.39, 0.29) is 0 Å². The van der Waals surface area contributed by atoms with Crippen LogP contribution in [0.1, 0.15) is 29.4 Å². The molecule has 2 heteroatoms. The van der Waals surface area contributed by atoms with E-state index < -0.39 is 0 Å². The number of allylic oxidation sites excluding steroid dienone is 14. The quantitative estimate of drug-likeness (QED) is 0.227. The second kappa shape index (κ2) is 12.7. The molecule has 2 heterocycles. The van der Waals surface area contributed by atoms with E-state index in [1.165, 1.54) is 0 Å². The van der Waals surface area contributed by atoms with Crippen molar-refractivity contribution in [3.05, 3.63) is 151 Å². The van der Waals surface area contributed by atoms with Gasteiger partial charge in [0, 0.05) is 34.5 Å². The number of rotatable bonds is 12. The van der Waals surface area contributed by atoms with Gasteiger partial charge in [-0.25, -0.2) is 0 Å². The molecule has 2 rings (SSSR count). The molecule has 0 amide bonds. The van der Waals surface area contributed by atoms with Crippen molar-refractivity contribution in [1.29, 1.82) is 0 Å². The summed E-state index contributed by atoms with van der Waals surface area (Å²) in [5.41, 5.74) is 8.60. The van der Waals surface area contributed by atoms with Gasteiger partial charge in [0.25, 0.3) is 0 Å². The highest BCUT2D eigenvalue weighted by molar-refractivity contribution is 6.19. The van der Waals surface area contributed by atoms with E-state index in [2.05, 4.69) is 56.5 Å². The van der Waals surface area contributed by atoms with Crippen LogP contribution in [0.25, 0.3) is 29.8 Å². The zero-order valence-electron chi connectivity index (χ0n) is 20.9. The standard InChI is InChI=1S/C33H34N2/c1-10-16-20-26(19-13-4)32(34-9)29-23-31(28(21-17-11-2)24(7)14-5)35-30(22-18-12-3)27(15-6)25(8)33(29)35/h10-23H,1-6,8H2,7,9H3/b20-16-,21-17-,22-18-,26-19+,28-24+,34-32?. The molecule has 0 saturated carbocycles.